The first-order chi connectivity index (χ1) is 6.63. The van der Waals surface area contributed by atoms with Crippen LogP contribution >= 0.6 is 11.6 Å². The van der Waals surface area contributed by atoms with Gasteiger partial charge >= 0.3 is 0 Å². The first kappa shape index (κ1) is 10.7. The number of rotatable bonds is 2. The molecule has 1 rings (SSSR count). The van der Waals surface area contributed by atoms with E-state index >= 15 is 0 Å². The molecule has 1 aromatic rings. The predicted octanol–water partition coefficient (Wildman–Crippen LogP) is 2.29. The Hall–Kier alpha value is -1.35. The van der Waals surface area contributed by atoms with E-state index in [1.165, 1.54) is 6.21 Å². The number of aliphatic imine (C=N–C) groups is 1. The molecule has 1 aromatic carbocycles. The number of halogens is 1. The van der Waals surface area contributed by atoms with Crippen molar-refractivity contribution in [2.75, 3.05) is 12.4 Å². The maximum atomic E-state index is 11.2. The number of benzene rings is 1. The molecule has 4 heteroatoms. The van der Waals surface area contributed by atoms with Crippen molar-refractivity contribution in [3.05, 3.63) is 28.8 Å². The molecule has 0 radical (unpaired) electrons. The third-order valence-electron chi connectivity index (χ3n) is 1.69. The van der Waals surface area contributed by atoms with Crippen LogP contribution in [0.4, 0.5) is 5.69 Å². The molecule has 0 bridgehead atoms. The summed E-state index contributed by atoms with van der Waals surface area (Å²) in [6.07, 6.45) is 1.23. The normalized spacial score (nSPS) is 10.5. The van der Waals surface area contributed by atoms with Crippen molar-refractivity contribution in [2.45, 2.75) is 6.92 Å². The lowest BCUT2D eigenvalue weighted by Gasteiger charge is -2.05. The van der Waals surface area contributed by atoms with Crippen molar-refractivity contribution in [1.29, 1.82) is 0 Å². The molecule has 1 amide bonds. The van der Waals surface area contributed by atoms with E-state index in [1.807, 2.05) is 6.92 Å². The van der Waals surface area contributed by atoms with E-state index in [2.05, 4.69) is 10.3 Å². The molecule has 0 aliphatic rings. The van der Waals surface area contributed by atoms with Crippen molar-refractivity contribution in [2.24, 2.45) is 4.99 Å². The molecule has 0 atom stereocenters. The number of hydrogen-bond acceptors (Lipinski definition) is 2. The lowest BCUT2D eigenvalue weighted by Crippen LogP contribution is -2.13. The number of hydrogen-bond donors (Lipinski definition) is 1. The van der Waals surface area contributed by atoms with Crippen LogP contribution in [-0.4, -0.2) is 19.2 Å². The molecule has 3 nitrogen and oxygen atoms in total. The lowest BCUT2D eigenvalue weighted by molar-refractivity contribution is -0.110. The summed E-state index contributed by atoms with van der Waals surface area (Å²) in [6, 6.07) is 5.28. The van der Waals surface area contributed by atoms with Crippen molar-refractivity contribution in [3.8, 4) is 0 Å². The average molecular weight is 211 g/mol. The van der Waals surface area contributed by atoms with Crippen LogP contribution < -0.4 is 5.32 Å². The van der Waals surface area contributed by atoms with Gasteiger partial charge in [0.25, 0.3) is 5.91 Å². The van der Waals surface area contributed by atoms with Crippen molar-refractivity contribution in [1.82, 2.24) is 0 Å². The van der Waals surface area contributed by atoms with Gasteiger partial charge in [0.15, 0.2) is 0 Å². The van der Waals surface area contributed by atoms with E-state index in [0.717, 1.165) is 11.3 Å². The molecule has 0 aromatic heterocycles. The van der Waals surface area contributed by atoms with Gasteiger partial charge in [0.1, 0.15) is 0 Å². The third kappa shape index (κ3) is 2.85. The zero-order valence-corrected chi connectivity index (χ0v) is 8.80. The number of anilines is 1. The zero-order chi connectivity index (χ0) is 10.6. The fraction of sp³-hybridized carbons (Fsp3) is 0.200. The smallest absolute Gasteiger partial charge is 0.266 e. The highest BCUT2D eigenvalue weighted by molar-refractivity contribution is 6.32. The molecule has 0 aliphatic carbocycles. The summed E-state index contributed by atoms with van der Waals surface area (Å²) < 4.78 is 0. The average Bonchev–Trinajstić information content (AvgIpc) is 2.10. The van der Waals surface area contributed by atoms with Crippen molar-refractivity contribution in [3.63, 3.8) is 0 Å². The third-order valence-corrected chi connectivity index (χ3v) is 1.93. The molecule has 0 saturated heterocycles. The highest BCUT2D eigenvalue weighted by atomic mass is 35.5. The molecule has 0 fully saturated rings. The van der Waals surface area contributed by atoms with Gasteiger partial charge in [-0.05, 0) is 30.7 Å². The number of nitrogens with zero attached hydrogens (tertiary/aromatic N) is 1. The van der Waals surface area contributed by atoms with Gasteiger partial charge in [-0.1, -0.05) is 11.6 Å². The van der Waals surface area contributed by atoms with Crippen LogP contribution in [-0.2, 0) is 4.79 Å². The Kier molecular flexibility index (Phi) is 3.65. The lowest BCUT2D eigenvalue weighted by atomic mass is 10.2. The van der Waals surface area contributed by atoms with E-state index < -0.39 is 0 Å². The number of amides is 1. The quantitative estimate of drug-likeness (QED) is 0.748. The molecule has 0 heterocycles. The first-order valence-electron chi connectivity index (χ1n) is 4.13. The Balaban J connectivity index is 2.82. The van der Waals surface area contributed by atoms with E-state index in [4.69, 9.17) is 11.6 Å². The Labute approximate surface area is 87.8 Å². The second-order valence-electron chi connectivity index (χ2n) is 2.84. The van der Waals surface area contributed by atoms with Gasteiger partial charge in [0.05, 0.1) is 6.21 Å². The molecular weight excluding hydrogens is 200 g/mol. The number of aryl methyl sites for hydroxylation is 1. The standard InChI is InChI=1S/C10H11ClN2O/c1-7-5-8(11)3-4-9(7)13-10(14)6-12-2/h3-6H,1-2H3,(H,13,14). The van der Waals surface area contributed by atoms with Gasteiger partial charge in [-0.25, -0.2) is 0 Å². The summed E-state index contributed by atoms with van der Waals surface area (Å²) in [4.78, 5) is 14.8. The predicted molar refractivity (Wildman–Crippen MR) is 59.2 cm³/mol. The number of carbonyl (C=O) groups excluding carboxylic acids is 1. The monoisotopic (exact) mass is 210 g/mol. The summed E-state index contributed by atoms with van der Waals surface area (Å²) in [6.45, 7) is 1.88. The Bertz CT molecular complexity index is 374. The van der Waals surface area contributed by atoms with E-state index in [-0.39, 0.29) is 5.91 Å². The van der Waals surface area contributed by atoms with Crippen LogP contribution in [0.2, 0.25) is 5.02 Å². The summed E-state index contributed by atoms with van der Waals surface area (Å²) in [7, 11) is 1.55. The summed E-state index contributed by atoms with van der Waals surface area (Å²) >= 11 is 5.78. The Morgan fingerprint density at radius 1 is 1.57 bits per heavy atom. The summed E-state index contributed by atoms with van der Waals surface area (Å²) in [5, 5.41) is 3.35. The molecule has 14 heavy (non-hydrogen) atoms. The fourth-order valence-electron chi connectivity index (χ4n) is 1.05. The Morgan fingerprint density at radius 2 is 2.29 bits per heavy atom. The molecule has 0 aliphatic heterocycles. The van der Waals surface area contributed by atoms with Crippen LogP contribution in [0.25, 0.3) is 0 Å². The minimum absolute atomic E-state index is 0.238. The summed E-state index contributed by atoms with van der Waals surface area (Å²) in [5.41, 5.74) is 1.68. The Morgan fingerprint density at radius 3 is 2.86 bits per heavy atom. The largest absolute Gasteiger partial charge is 0.321 e. The number of carbonyl (C=O) groups is 1. The topological polar surface area (TPSA) is 41.5 Å². The highest BCUT2D eigenvalue weighted by Crippen LogP contribution is 2.19. The van der Waals surface area contributed by atoms with Crippen LogP contribution in [0, 0.1) is 6.92 Å². The van der Waals surface area contributed by atoms with Crippen LogP contribution in [0.1, 0.15) is 5.56 Å². The molecule has 74 valence electrons. The SMILES string of the molecule is CN=CC(=O)Nc1ccc(Cl)cc1C. The van der Waals surface area contributed by atoms with E-state index in [1.54, 1.807) is 25.2 Å². The van der Waals surface area contributed by atoms with E-state index in [9.17, 15) is 4.79 Å². The van der Waals surface area contributed by atoms with Gasteiger partial charge in [-0.3, -0.25) is 9.79 Å². The molecular formula is C10H11ClN2O. The first-order valence-corrected chi connectivity index (χ1v) is 4.50. The zero-order valence-electron chi connectivity index (χ0n) is 8.04. The fourth-order valence-corrected chi connectivity index (χ4v) is 1.28. The molecule has 0 spiro atoms. The maximum absolute atomic E-state index is 11.2. The summed E-state index contributed by atoms with van der Waals surface area (Å²) in [5.74, 6) is -0.238. The van der Waals surface area contributed by atoms with E-state index in [0.29, 0.717) is 5.02 Å². The highest BCUT2D eigenvalue weighted by Gasteiger charge is 2.01. The minimum Gasteiger partial charge on any atom is -0.321 e. The van der Waals surface area contributed by atoms with Gasteiger partial charge in [-0.15, -0.1) is 0 Å². The van der Waals surface area contributed by atoms with Gasteiger partial charge < -0.3 is 5.32 Å². The van der Waals surface area contributed by atoms with Crippen LogP contribution in [0.5, 0.6) is 0 Å². The minimum atomic E-state index is -0.238. The molecule has 0 unspecified atom stereocenters. The van der Waals surface area contributed by atoms with Crippen LogP contribution in [0.3, 0.4) is 0 Å². The van der Waals surface area contributed by atoms with Gasteiger partial charge in [0.2, 0.25) is 0 Å². The second kappa shape index (κ2) is 4.77. The maximum Gasteiger partial charge on any atom is 0.266 e. The number of nitrogens with one attached hydrogen (secondary N) is 1. The van der Waals surface area contributed by atoms with Crippen molar-refractivity contribution >= 4 is 29.4 Å². The van der Waals surface area contributed by atoms with Gasteiger partial charge in [-0.2, -0.15) is 0 Å². The molecule has 1 N–H and O–H groups in total. The van der Waals surface area contributed by atoms with Gasteiger partial charge in [0, 0.05) is 17.8 Å². The second-order valence-corrected chi connectivity index (χ2v) is 3.27. The van der Waals surface area contributed by atoms with Crippen molar-refractivity contribution < 1.29 is 4.79 Å². The van der Waals surface area contributed by atoms with Crippen LogP contribution in [0.15, 0.2) is 23.2 Å². The molecule has 0 saturated carbocycles.